The monoisotopic (exact) mass is 526 g/mol. The molecule has 1 amide bonds. The minimum atomic E-state index is -4.98. The number of rotatable bonds is 5. The van der Waals surface area contributed by atoms with E-state index >= 15 is 0 Å². The molecule has 0 aliphatic carbocycles. The fraction of sp³-hybridized carbons (Fsp3) is 0.167. The number of carbonyl (C=O) groups excluding carboxylic acids is 2. The minimum Gasteiger partial charge on any atom is -0.345 e. The predicted octanol–water partition coefficient (Wildman–Crippen LogP) is 5.94. The molecule has 0 fully saturated rings. The fourth-order valence-electron chi connectivity index (χ4n) is 3.78. The molecule has 3 aromatic rings. The Morgan fingerprint density at radius 3 is 2.29 bits per heavy atom. The lowest BCUT2D eigenvalue weighted by Crippen LogP contribution is -2.42. The Morgan fingerprint density at radius 1 is 1.06 bits per heavy atom. The van der Waals surface area contributed by atoms with Gasteiger partial charge in [0.15, 0.2) is 5.82 Å². The van der Waals surface area contributed by atoms with Crippen molar-refractivity contribution in [2.24, 2.45) is 0 Å². The molecule has 0 radical (unpaired) electrons. The maximum atomic E-state index is 14.3. The van der Waals surface area contributed by atoms with E-state index in [9.17, 15) is 27.2 Å². The summed E-state index contributed by atoms with van der Waals surface area (Å²) in [5, 5.41) is 2.23. The third-order valence-electron chi connectivity index (χ3n) is 5.46. The van der Waals surface area contributed by atoms with E-state index in [0.717, 1.165) is 18.2 Å². The van der Waals surface area contributed by atoms with E-state index < -0.39 is 39.1 Å². The summed E-state index contributed by atoms with van der Waals surface area (Å²) in [6.07, 6.45) is -4.17. The van der Waals surface area contributed by atoms with Crippen molar-refractivity contribution in [1.29, 1.82) is 0 Å². The number of nitrogens with one attached hydrogen (secondary N) is 2. The number of ketones is 1. The normalized spacial score (nSPS) is 17.7. The van der Waals surface area contributed by atoms with Crippen LogP contribution in [0.2, 0.25) is 10.0 Å². The lowest BCUT2D eigenvalue weighted by molar-refractivity contribution is -0.269. The highest BCUT2D eigenvalue weighted by atomic mass is 35.5. The molecule has 1 aliphatic heterocycles. The van der Waals surface area contributed by atoms with Crippen LogP contribution in [0.5, 0.6) is 0 Å². The molecule has 1 aliphatic rings. The van der Waals surface area contributed by atoms with E-state index in [1.807, 2.05) is 0 Å². The van der Waals surface area contributed by atoms with Gasteiger partial charge in [0.25, 0.3) is 5.91 Å². The van der Waals surface area contributed by atoms with Crippen LogP contribution in [0.25, 0.3) is 16.5 Å². The van der Waals surface area contributed by atoms with Crippen molar-refractivity contribution in [3.05, 3.63) is 87.2 Å². The van der Waals surface area contributed by atoms with Gasteiger partial charge in [0, 0.05) is 16.7 Å². The molecule has 0 bridgehead atoms. The number of amides is 1. The maximum Gasteiger partial charge on any atom is 0.428 e. The van der Waals surface area contributed by atoms with Crippen LogP contribution in [-0.4, -0.2) is 24.4 Å². The maximum absolute atomic E-state index is 14.3. The Balaban J connectivity index is 1.85. The number of halogens is 6. The number of fused-ring (bicyclic) bond motifs is 1. The number of benzene rings is 3. The molecular weight excluding hydrogens is 511 g/mol. The van der Waals surface area contributed by atoms with Gasteiger partial charge >= 0.3 is 6.18 Å². The topological polar surface area (TPSA) is 67.4 Å². The van der Waals surface area contributed by atoms with Crippen molar-refractivity contribution in [2.45, 2.75) is 18.7 Å². The summed E-state index contributed by atoms with van der Waals surface area (Å²) in [5.74, 6) is -1.79. The third kappa shape index (κ3) is 4.47. The van der Waals surface area contributed by atoms with Crippen LogP contribution in [-0.2, 0) is 15.2 Å². The van der Waals surface area contributed by atoms with Gasteiger partial charge in [-0.15, -0.1) is 0 Å². The van der Waals surface area contributed by atoms with E-state index in [-0.39, 0.29) is 23.6 Å². The summed E-state index contributed by atoms with van der Waals surface area (Å²) in [4.78, 5) is 28.9. The molecule has 5 nitrogen and oxygen atoms in total. The molecule has 1 heterocycles. The first-order chi connectivity index (χ1) is 16.4. The predicted molar refractivity (Wildman–Crippen MR) is 123 cm³/mol. The van der Waals surface area contributed by atoms with Crippen molar-refractivity contribution in [2.75, 3.05) is 6.54 Å². The molecule has 0 spiro atoms. The van der Waals surface area contributed by atoms with Gasteiger partial charge in [-0.2, -0.15) is 13.2 Å². The summed E-state index contributed by atoms with van der Waals surface area (Å²) in [6, 6.07) is 11.1. The van der Waals surface area contributed by atoms with Crippen LogP contribution in [0, 0.1) is 5.82 Å². The second-order valence-electron chi connectivity index (χ2n) is 7.84. The molecule has 11 heteroatoms. The molecule has 0 saturated heterocycles. The number of hydrogen-bond acceptors (Lipinski definition) is 4. The number of carbonyl (C=O) groups is 2. The van der Waals surface area contributed by atoms with Gasteiger partial charge in [-0.1, -0.05) is 53.5 Å². The van der Waals surface area contributed by atoms with E-state index in [1.54, 1.807) is 24.3 Å². The summed E-state index contributed by atoms with van der Waals surface area (Å²) < 4.78 is 56.8. The van der Waals surface area contributed by atoms with Crippen molar-refractivity contribution in [3.8, 4) is 0 Å². The Kier molecular flexibility index (Phi) is 6.52. The summed E-state index contributed by atoms with van der Waals surface area (Å²) >= 11 is 11.5. The molecule has 0 aromatic heterocycles. The molecule has 35 heavy (non-hydrogen) atoms. The smallest absolute Gasteiger partial charge is 0.345 e. The minimum absolute atomic E-state index is 0.0363. The van der Waals surface area contributed by atoms with E-state index in [4.69, 9.17) is 28.0 Å². The largest absolute Gasteiger partial charge is 0.428 e. The quantitative estimate of drug-likeness (QED) is 0.319. The van der Waals surface area contributed by atoms with Crippen LogP contribution in [0.3, 0.4) is 0 Å². The first-order valence-corrected chi connectivity index (χ1v) is 10.9. The van der Waals surface area contributed by atoms with E-state index in [2.05, 4.69) is 10.8 Å². The van der Waals surface area contributed by atoms with Crippen LogP contribution in [0.4, 0.5) is 17.6 Å². The zero-order valence-electron chi connectivity index (χ0n) is 17.9. The standard InChI is InChI=1S/C24H16Cl2F4N2O3/c1-12(33)11-31-22(34)17-7-6-16(14-4-2-3-5-15(14)17)20-10-23(35-32-20,24(28,29)30)13-8-18(25)21(27)19(26)9-13/h2-10,32H,11H2,1H3,(H,31,34). The second kappa shape index (κ2) is 9.14. The van der Waals surface area contributed by atoms with E-state index in [0.29, 0.717) is 16.3 Å². The number of Topliss-reactive ketones (excluding diaryl/α,β-unsaturated/α-hetero) is 1. The average molecular weight is 527 g/mol. The van der Waals surface area contributed by atoms with Gasteiger partial charge in [-0.05, 0) is 42.0 Å². The zero-order chi connectivity index (χ0) is 25.5. The van der Waals surface area contributed by atoms with Crippen molar-refractivity contribution >= 4 is 51.4 Å². The highest BCUT2D eigenvalue weighted by Gasteiger charge is 2.60. The van der Waals surface area contributed by atoms with Crippen molar-refractivity contribution in [1.82, 2.24) is 10.8 Å². The first-order valence-electron chi connectivity index (χ1n) is 10.1. The Hall–Kier alpha value is -3.14. The lowest BCUT2D eigenvalue weighted by atomic mass is 9.90. The van der Waals surface area contributed by atoms with Crippen LogP contribution in [0.15, 0.2) is 54.6 Å². The molecule has 182 valence electrons. The molecule has 4 rings (SSSR count). The number of hydrogen-bond donors (Lipinski definition) is 2. The van der Waals surface area contributed by atoms with Crippen LogP contribution >= 0.6 is 23.2 Å². The van der Waals surface area contributed by atoms with Crippen molar-refractivity contribution in [3.63, 3.8) is 0 Å². The summed E-state index contributed by atoms with van der Waals surface area (Å²) in [5.41, 5.74) is -0.695. The SMILES string of the molecule is CC(=O)CNC(=O)c1ccc(C2=CC(c3cc(Cl)c(F)c(Cl)c3)(C(F)(F)F)ON2)c2ccccc12. The molecule has 2 N–H and O–H groups in total. The highest BCUT2D eigenvalue weighted by molar-refractivity contribution is 6.35. The molecular formula is C24H16Cl2F4N2O3. The Labute approximate surface area is 206 Å². The number of hydroxylamine groups is 1. The van der Waals surface area contributed by atoms with Gasteiger partial charge < -0.3 is 5.32 Å². The van der Waals surface area contributed by atoms with Crippen LogP contribution in [0.1, 0.15) is 28.4 Å². The second-order valence-corrected chi connectivity index (χ2v) is 8.65. The molecule has 3 aromatic carbocycles. The third-order valence-corrected chi connectivity index (χ3v) is 6.01. The molecule has 0 saturated carbocycles. The van der Waals surface area contributed by atoms with Gasteiger partial charge in [0.1, 0.15) is 5.78 Å². The Morgan fingerprint density at radius 2 is 1.69 bits per heavy atom. The lowest BCUT2D eigenvalue weighted by Gasteiger charge is -2.28. The first kappa shape index (κ1) is 25.0. The molecule has 1 unspecified atom stereocenters. The Bertz CT molecular complexity index is 1370. The average Bonchev–Trinajstić information content (AvgIpc) is 3.26. The molecule has 1 atom stereocenters. The van der Waals surface area contributed by atoms with E-state index in [1.165, 1.54) is 19.1 Å². The van der Waals surface area contributed by atoms with Gasteiger partial charge in [-0.3, -0.25) is 19.9 Å². The van der Waals surface area contributed by atoms with Crippen LogP contribution < -0.4 is 10.8 Å². The summed E-state index contributed by atoms with van der Waals surface area (Å²) in [7, 11) is 0. The fourth-order valence-corrected chi connectivity index (χ4v) is 4.26. The highest BCUT2D eigenvalue weighted by Crippen LogP contribution is 2.49. The van der Waals surface area contributed by atoms with Gasteiger partial charge in [0.05, 0.1) is 22.3 Å². The zero-order valence-corrected chi connectivity index (χ0v) is 19.4. The van der Waals surface area contributed by atoms with Gasteiger partial charge in [0.2, 0.25) is 5.60 Å². The van der Waals surface area contributed by atoms with Gasteiger partial charge in [-0.25, -0.2) is 4.39 Å². The summed E-state index contributed by atoms with van der Waals surface area (Å²) in [6.45, 7) is 1.17. The number of alkyl halides is 3. The van der Waals surface area contributed by atoms with Crippen molar-refractivity contribution < 1.29 is 32.0 Å².